The van der Waals surface area contributed by atoms with Crippen LogP contribution in [0.15, 0.2) is 29.2 Å². The van der Waals surface area contributed by atoms with E-state index in [2.05, 4.69) is 0 Å². The van der Waals surface area contributed by atoms with Crippen LogP contribution in [0.4, 0.5) is 0 Å². The molecule has 0 amide bonds. The number of ether oxygens (including phenoxy) is 3. The normalized spacial score (nSPS) is 19.2. The Bertz CT molecular complexity index is 678. The molecule has 1 aromatic carbocycles. The quantitative estimate of drug-likeness (QED) is 0.534. The summed E-state index contributed by atoms with van der Waals surface area (Å²) in [5.41, 5.74) is 0. The van der Waals surface area contributed by atoms with Gasteiger partial charge in [-0.25, -0.2) is 8.42 Å². The Morgan fingerprint density at radius 3 is 2.40 bits per heavy atom. The fourth-order valence-corrected chi connectivity index (χ4v) is 4.12. The van der Waals surface area contributed by atoms with Crippen molar-refractivity contribution in [1.82, 2.24) is 4.31 Å². The summed E-state index contributed by atoms with van der Waals surface area (Å²) in [7, 11) is -3.49. The van der Waals surface area contributed by atoms with Crippen molar-refractivity contribution >= 4 is 16.0 Å². The van der Waals surface area contributed by atoms with Crippen molar-refractivity contribution < 1.29 is 27.4 Å². The molecule has 2 fully saturated rings. The average Bonchev–Trinajstić information content (AvgIpc) is 2.58. The minimum Gasteiger partial charge on any atom is -0.490 e. The molecule has 8 heteroatoms. The topological polar surface area (TPSA) is 82.1 Å². The van der Waals surface area contributed by atoms with E-state index in [-0.39, 0.29) is 30.0 Å². The van der Waals surface area contributed by atoms with Crippen molar-refractivity contribution in [2.45, 2.75) is 24.2 Å². The van der Waals surface area contributed by atoms with Crippen LogP contribution in [0, 0.1) is 5.92 Å². The van der Waals surface area contributed by atoms with Crippen LogP contribution in [-0.2, 0) is 24.3 Å². The van der Waals surface area contributed by atoms with E-state index in [4.69, 9.17) is 14.2 Å². The van der Waals surface area contributed by atoms with Gasteiger partial charge >= 0.3 is 5.97 Å². The van der Waals surface area contributed by atoms with E-state index in [1.54, 1.807) is 12.1 Å². The van der Waals surface area contributed by atoms with Crippen LogP contribution < -0.4 is 4.74 Å². The third kappa shape index (κ3) is 4.50. The maximum absolute atomic E-state index is 12.5. The van der Waals surface area contributed by atoms with Gasteiger partial charge in [0.1, 0.15) is 19.0 Å². The second-order valence-corrected chi connectivity index (χ2v) is 8.07. The number of esters is 1. The lowest BCUT2D eigenvalue weighted by Crippen LogP contribution is -2.40. The van der Waals surface area contributed by atoms with E-state index in [9.17, 15) is 13.2 Å². The van der Waals surface area contributed by atoms with Gasteiger partial charge in [0, 0.05) is 13.1 Å². The minimum absolute atomic E-state index is 0.0599. The van der Waals surface area contributed by atoms with Crippen LogP contribution in [0.5, 0.6) is 5.75 Å². The maximum Gasteiger partial charge on any atom is 0.309 e. The Kier molecular flexibility index (Phi) is 5.93. The third-order valence-electron chi connectivity index (χ3n) is 4.47. The number of morpholine rings is 1. The van der Waals surface area contributed by atoms with Gasteiger partial charge in [0.25, 0.3) is 0 Å². The zero-order valence-electron chi connectivity index (χ0n) is 14.1. The molecular weight excluding hydrogens is 346 g/mol. The first-order valence-electron chi connectivity index (χ1n) is 8.55. The van der Waals surface area contributed by atoms with Gasteiger partial charge in [-0.1, -0.05) is 6.42 Å². The van der Waals surface area contributed by atoms with E-state index in [0.29, 0.717) is 32.1 Å². The summed E-state index contributed by atoms with van der Waals surface area (Å²) in [6.45, 7) is 2.01. The molecule has 3 rings (SSSR count). The average molecular weight is 369 g/mol. The molecule has 1 aliphatic heterocycles. The Balaban J connectivity index is 1.47. The molecule has 0 atom stereocenters. The molecule has 0 radical (unpaired) electrons. The second kappa shape index (κ2) is 8.16. The zero-order chi connectivity index (χ0) is 17.7. The highest BCUT2D eigenvalue weighted by atomic mass is 32.2. The molecule has 7 nitrogen and oxygen atoms in total. The molecule has 2 aliphatic rings. The Morgan fingerprint density at radius 1 is 1.12 bits per heavy atom. The molecule has 0 aromatic heterocycles. The van der Waals surface area contributed by atoms with Crippen molar-refractivity contribution in [2.24, 2.45) is 5.92 Å². The van der Waals surface area contributed by atoms with Crippen LogP contribution >= 0.6 is 0 Å². The first kappa shape index (κ1) is 18.2. The predicted molar refractivity (Wildman–Crippen MR) is 89.8 cm³/mol. The standard InChI is InChI=1S/C17H23NO6S/c19-17(14-2-1-3-14)24-13-12-23-15-4-6-16(7-5-15)25(20,21)18-8-10-22-11-9-18/h4-7,14H,1-3,8-13H2. The van der Waals surface area contributed by atoms with E-state index >= 15 is 0 Å². The Labute approximate surface area is 147 Å². The molecule has 0 spiro atoms. The van der Waals surface area contributed by atoms with Gasteiger partial charge in [-0.05, 0) is 37.1 Å². The highest BCUT2D eigenvalue weighted by Gasteiger charge is 2.27. The van der Waals surface area contributed by atoms with Gasteiger partial charge in [-0.2, -0.15) is 4.31 Å². The minimum atomic E-state index is -3.49. The number of hydrogen-bond acceptors (Lipinski definition) is 6. The van der Waals surface area contributed by atoms with Gasteiger partial charge < -0.3 is 14.2 Å². The van der Waals surface area contributed by atoms with E-state index < -0.39 is 10.0 Å². The molecule has 1 heterocycles. The lowest BCUT2D eigenvalue weighted by atomic mass is 9.86. The fraction of sp³-hybridized carbons (Fsp3) is 0.588. The SMILES string of the molecule is O=C(OCCOc1ccc(S(=O)(=O)N2CCOCC2)cc1)C1CCC1. The highest BCUT2D eigenvalue weighted by Crippen LogP contribution is 2.27. The van der Waals surface area contributed by atoms with Crippen LogP contribution in [0.2, 0.25) is 0 Å². The van der Waals surface area contributed by atoms with Gasteiger partial charge in [0.2, 0.25) is 10.0 Å². The summed E-state index contributed by atoms with van der Waals surface area (Å²) in [6, 6.07) is 6.28. The van der Waals surface area contributed by atoms with Crippen LogP contribution in [0.1, 0.15) is 19.3 Å². The van der Waals surface area contributed by atoms with Crippen molar-refractivity contribution in [3.8, 4) is 5.75 Å². The number of carbonyl (C=O) groups excluding carboxylic acids is 1. The number of carbonyl (C=O) groups is 1. The molecule has 25 heavy (non-hydrogen) atoms. The summed E-state index contributed by atoms with van der Waals surface area (Å²) < 4.78 is 42.3. The van der Waals surface area contributed by atoms with Crippen molar-refractivity contribution in [3.05, 3.63) is 24.3 Å². The Morgan fingerprint density at radius 2 is 1.80 bits per heavy atom. The monoisotopic (exact) mass is 369 g/mol. The van der Waals surface area contributed by atoms with Crippen molar-refractivity contribution in [1.29, 1.82) is 0 Å². The first-order chi connectivity index (χ1) is 12.1. The molecule has 0 unspecified atom stereocenters. The predicted octanol–water partition coefficient (Wildman–Crippen LogP) is 1.43. The van der Waals surface area contributed by atoms with Gasteiger partial charge in [0.15, 0.2) is 0 Å². The van der Waals surface area contributed by atoms with E-state index in [1.807, 2.05) is 0 Å². The summed E-state index contributed by atoms with van der Waals surface area (Å²) in [5, 5.41) is 0. The molecule has 0 bridgehead atoms. The lowest BCUT2D eigenvalue weighted by Gasteiger charge is -2.26. The number of nitrogens with zero attached hydrogens (tertiary/aromatic N) is 1. The van der Waals surface area contributed by atoms with Crippen molar-refractivity contribution in [2.75, 3.05) is 39.5 Å². The summed E-state index contributed by atoms with van der Waals surface area (Å²) in [5.74, 6) is 0.451. The maximum atomic E-state index is 12.5. The first-order valence-corrected chi connectivity index (χ1v) is 9.99. The number of hydrogen-bond donors (Lipinski definition) is 0. The fourth-order valence-electron chi connectivity index (χ4n) is 2.71. The second-order valence-electron chi connectivity index (χ2n) is 6.13. The molecule has 138 valence electrons. The Hall–Kier alpha value is -1.64. The molecular formula is C17H23NO6S. The molecule has 1 saturated carbocycles. The van der Waals surface area contributed by atoms with E-state index in [1.165, 1.54) is 16.4 Å². The largest absolute Gasteiger partial charge is 0.490 e. The van der Waals surface area contributed by atoms with Gasteiger partial charge in [-0.15, -0.1) is 0 Å². The van der Waals surface area contributed by atoms with E-state index in [0.717, 1.165) is 19.3 Å². The third-order valence-corrected chi connectivity index (χ3v) is 6.38. The summed E-state index contributed by atoms with van der Waals surface area (Å²) in [4.78, 5) is 11.8. The van der Waals surface area contributed by atoms with Gasteiger partial charge in [0.05, 0.1) is 24.0 Å². The van der Waals surface area contributed by atoms with Gasteiger partial charge in [-0.3, -0.25) is 4.79 Å². The van der Waals surface area contributed by atoms with Crippen molar-refractivity contribution in [3.63, 3.8) is 0 Å². The zero-order valence-corrected chi connectivity index (χ0v) is 14.9. The van der Waals surface area contributed by atoms with Crippen LogP contribution in [-0.4, -0.2) is 58.2 Å². The lowest BCUT2D eigenvalue weighted by molar-refractivity contribution is -0.152. The molecule has 0 N–H and O–H groups in total. The number of rotatable bonds is 7. The molecule has 1 aromatic rings. The smallest absolute Gasteiger partial charge is 0.309 e. The van der Waals surface area contributed by atoms with Crippen LogP contribution in [0.25, 0.3) is 0 Å². The number of sulfonamides is 1. The highest BCUT2D eigenvalue weighted by molar-refractivity contribution is 7.89. The summed E-state index contributed by atoms with van der Waals surface area (Å²) in [6.07, 6.45) is 2.92. The summed E-state index contributed by atoms with van der Waals surface area (Å²) >= 11 is 0. The molecule has 1 saturated heterocycles. The number of benzene rings is 1. The van der Waals surface area contributed by atoms with Crippen LogP contribution in [0.3, 0.4) is 0 Å². The molecule has 1 aliphatic carbocycles.